The molecule has 0 spiro atoms. The summed E-state index contributed by atoms with van der Waals surface area (Å²) in [7, 11) is 1.76. The Bertz CT molecular complexity index is 826. The number of hydrogen-bond donors (Lipinski definition) is 1. The first-order chi connectivity index (χ1) is 18.5. The van der Waals surface area contributed by atoms with Crippen molar-refractivity contribution in [2.75, 3.05) is 47.5 Å². The number of carbonyl (C=O) groups excluding carboxylic acids is 1. The van der Waals surface area contributed by atoms with Gasteiger partial charge >= 0.3 is 7.82 Å². The van der Waals surface area contributed by atoms with E-state index in [1.807, 2.05) is 52.3 Å². The molecule has 0 saturated heterocycles. The van der Waals surface area contributed by atoms with Gasteiger partial charge in [0.15, 0.2) is 0 Å². The number of unbranched alkanes of at least 4 members (excludes halogenated alkanes) is 10. The third-order valence-electron chi connectivity index (χ3n) is 6.84. The monoisotopic (exact) mass is 570 g/mol. The SMILES string of the molecule is CCCCCCCCCCCCCOc1cccc(CC(COP(=O)(O)OCC[N+](C)(C)C)CC(=O)CC)c1. The fraction of sp³-hybridized carbons (Fsp3) is 0.774. The lowest BCUT2D eigenvalue weighted by Crippen LogP contribution is -2.37. The van der Waals surface area contributed by atoms with E-state index in [0.717, 1.165) is 17.7 Å². The third-order valence-corrected chi connectivity index (χ3v) is 7.82. The molecule has 1 N–H and O–H groups in total. The second kappa shape index (κ2) is 20.6. The minimum absolute atomic E-state index is 0.0201. The Morgan fingerprint density at radius 2 is 1.51 bits per heavy atom. The molecule has 7 nitrogen and oxygen atoms in total. The summed E-state index contributed by atoms with van der Waals surface area (Å²) in [5, 5.41) is 0. The van der Waals surface area contributed by atoms with E-state index in [2.05, 4.69) is 6.92 Å². The molecule has 0 aliphatic carbocycles. The highest BCUT2D eigenvalue weighted by atomic mass is 31.2. The van der Waals surface area contributed by atoms with E-state index in [9.17, 15) is 14.3 Å². The van der Waals surface area contributed by atoms with E-state index in [1.165, 1.54) is 64.2 Å². The molecular weight excluding hydrogens is 513 g/mol. The lowest BCUT2D eigenvalue weighted by Gasteiger charge is -2.24. The number of hydrogen-bond acceptors (Lipinski definition) is 5. The van der Waals surface area contributed by atoms with Crippen LogP contribution in [0.2, 0.25) is 0 Å². The smallest absolute Gasteiger partial charge is 0.472 e. The van der Waals surface area contributed by atoms with Crippen LogP contribution in [0.3, 0.4) is 0 Å². The van der Waals surface area contributed by atoms with Crippen molar-refractivity contribution in [3.63, 3.8) is 0 Å². The standard InChI is InChI=1S/C31H56NO6P/c1-6-8-9-10-11-12-13-14-15-16-17-22-36-31-20-18-19-28(26-31)24-29(25-30(33)7-2)27-38-39(34,35)37-23-21-32(3,4)5/h18-20,26,29H,6-17,21-25,27H2,1-5H3/p+1. The van der Waals surface area contributed by atoms with E-state index < -0.39 is 7.82 Å². The van der Waals surface area contributed by atoms with Crippen LogP contribution >= 0.6 is 7.82 Å². The maximum absolute atomic E-state index is 12.4. The van der Waals surface area contributed by atoms with Gasteiger partial charge in [-0.05, 0) is 36.5 Å². The van der Waals surface area contributed by atoms with Crippen molar-refractivity contribution >= 4 is 13.6 Å². The van der Waals surface area contributed by atoms with Crippen LogP contribution in [0.5, 0.6) is 5.75 Å². The second-order valence-corrected chi connectivity index (χ2v) is 13.3. The van der Waals surface area contributed by atoms with Crippen LogP contribution in [0.1, 0.15) is 103 Å². The molecule has 0 aliphatic rings. The fourth-order valence-corrected chi connectivity index (χ4v) is 5.16. The highest BCUT2D eigenvalue weighted by molar-refractivity contribution is 7.47. The molecule has 2 unspecified atom stereocenters. The molecule has 0 bridgehead atoms. The van der Waals surface area contributed by atoms with Crippen molar-refractivity contribution in [1.29, 1.82) is 0 Å². The molecule has 1 aromatic rings. The number of Topliss-reactive ketones (excluding diaryl/α,β-unsaturated/α-hetero) is 1. The number of phosphoric acid groups is 1. The largest absolute Gasteiger partial charge is 0.494 e. The zero-order chi connectivity index (χ0) is 29.0. The van der Waals surface area contributed by atoms with E-state index >= 15 is 0 Å². The van der Waals surface area contributed by atoms with Crippen molar-refractivity contribution in [3.05, 3.63) is 29.8 Å². The summed E-state index contributed by atoms with van der Waals surface area (Å²) >= 11 is 0. The number of nitrogens with zero attached hydrogens (tertiary/aromatic N) is 1. The summed E-state index contributed by atoms with van der Waals surface area (Å²) in [6.07, 6.45) is 15.6. The summed E-state index contributed by atoms with van der Waals surface area (Å²) < 4.78 is 29.4. The molecule has 0 heterocycles. The van der Waals surface area contributed by atoms with Gasteiger partial charge in [0, 0.05) is 12.8 Å². The average Bonchev–Trinajstić information content (AvgIpc) is 2.87. The van der Waals surface area contributed by atoms with Gasteiger partial charge in [-0.25, -0.2) is 4.57 Å². The lowest BCUT2D eigenvalue weighted by molar-refractivity contribution is -0.870. The molecule has 39 heavy (non-hydrogen) atoms. The number of phosphoric ester groups is 1. The van der Waals surface area contributed by atoms with Gasteiger partial charge in [0.1, 0.15) is 24.7 Å². The van der Waals surface area contributed by atoms with Gasteiger partial charge in [-0.1, -0.05) is 90.2 Å². The van der Waals surface area contributed by atoms with Gasteiger partial charge in [0.2, 0.25) is 0 Å². The Balaban J connectivity index is 2.42. The van der Waals surface area contributed by atoms with Crippen LogP contribution in [-0.4, -0.2) is 62.7 Å². The molecule has 0 aliphatic heterocycles. The minimum Gasteiger partial charge on any atom is -0.494 e. The van der Waals surface area contributed by atoms with E-state index in [-0.39, 0.29) is 24.9 Å². The van der Waals surface area contributed by atoms with Crippen molar-refractivity contribution in [2.45, 2.75) is 104 Å². The Labute approximate surface area is 238 Å². The van der Waals surface area contributed by atoms with Crippen LogP contribution in [0.4, 0.5) is 0 Å². The molecule has 0 saturated carbocycles. The highest BCUT2D eigenvalue weighted by Crippen LogP contribution is 2.43. The summed E-state index contributed by atoms with van der Waals surface area (Å²) in [4.78, 5) is 22.3. The number of rotatable bonds is 25. The van der Waals surface area contributed by atoms with Gasteiger partial charge < -0.3 is 14.1 Å². The topological polar surface area (TPSA) is 82.1 Å². The quantitative estimate of drug-likeness (QED) is 0.0735. The van der Waals surface area contributed by atoms with Gasteiger partial charge in [0.05, 0.1) is 34.4 Å². The molecule has 0 aromatic heterocycles. The number of likely N-dealkylation sites (N-methyl/N-ethyl adjacent to an activating group) is 1. The van der Waals surface area contributed by atoms with Crippen molar-refractivity contribution in [2.24, 2.45) is 5.92 Å². The second-order valence-electron chi connectivity index (χ2n) is 11.8. The number of carbonyl (C=O) groups is 1. The fourth-order valence-electron chi connectivity index (χ4n) is 4.38. The van der Waals surface area contributed by atoms with Gasteiger partial charge in [-0.3, -0.25) is 13.8 Å². The molecular formula is C31H57NO6P+. The van der Waals surface area contributed by atoms with Gasteiger partial charge in [-0.2, -0.15) is 0 Å². The summed E-state index contributed by atoms with van der Waals surface area (Å²) in [5.74, 6) is 0.700. The Kier molecular flexibility index (Phi) is 18.9. The van der Waals surface area contributed by atoms with Gasteiger partial charge in [0.25, 0.3) is 0 Å². The van der Waals surface area contributed by atoms with E-state index in [0.29, 0.717) is 36.9 Å². The third kappa shape index (κ3) is 20.3. The van der Waals surface area contributed by atoms with Crippen LogP contribution < -0.4 is 4.74 Å². The highest BCUT2D eigenvalue weighted by Gasteiger charge is 2.25. The Morgan fingerprint density at radius 1 is 0.897 bits per heavy atom. The molecule has 2 atom stereocenters. The number of ketones is 1. The molecule has 226 valence electrons. The molecule has 0 radical (unpaired) electrons. The van der Waals surface area contributed by atoms with Crippen LogP contribution in [-0.2, 0) is 24.8 Å². The average molecular weight is 571 g/mol. The van der Waals surface area contributed by atoms with Crippen LogP contribution in [0, 0.1) is 5.92 Å². The minimum atomic E-state index is -4.18. The molecule has 8 heteroatoms. The number of quaternary nitrogens is 1. The first kappa shape index (κ1) is 35.8. The lowest BCUT2D eigenvalue weighted by atomic mass is 9.94. The van der Waals surface area contributed by atoms with Crippen molar-refractivity contribution < 1.29 is 32.5 Å². The Hall–Kier alpha value is -1.24. The van der Waals surface area contributed by atoms with Crippen LogP contribution in [0.25, 0.3) is 0 Å². The summed E-state index contributed by atoms with van der Waals surface area (Å²) in [6, 6.07) is 7.90. The van der Waals surface area contributed by atoms with Crippen molar-refractivity contribution in [1.82, 2.24) is 0 Å². The molecule has 0 amide bonds. The van der Waals surface area contributed by atoms with E-state index in [1.54, 1.807) is 0 Å². The van der Waals surface area contributed by atoms with Gasteiger partial charge in [-0.15, -0.1) is 0 Å². The Morgan fingerprint density at radius 3 is 2.10 bits per heavy atom. The maximum Gasteiger partial charge on any atom is 0.472 e. The predicted molar refractivity (Wildman–Crippen MR) is 160 cm³/mol. The molecule has 0 fully saturated rings. The zero-order valence-electron chi connectivity index (χ0n) is 25.5. The van der Waals surface area contributed by atoms with E-state index in [4.69, 9.17) is 13.8 Å². The predicted octanol–water partition coefficient (Wildman–Crippen LogP) is 7.74. The molecule has 1 aromatic carbocycles. The number of benzene rings is 1. The maximum atomic E-state index is 12.4. The molecule has 1 rings (SSSR count). The summed E-state index contributed by atoms with van der Waals surface area (Å²) in [6.45, 7) is 5.46. The first-order valence-electron chi connectivity index (χ1n) is 15.2. The first-order valence-corrected chi connectivity index (χ1v) is 16.7. The van der Waals surface area contributed by atoms with Crippen molar-refractivity contribution in [3.8, 4) is 5.75 Å². The zero-order valence-corrected chi connectivity index (χ0v) is 26.4. The summed E-state index contributed by atoms with van der Waals surface area (Å²) in [5.41, 5.74) is 1.02. The number of ether oxygens (including phenoxy) is 1. The van der Waals surface area contributed by atoms with Crippen LogP contribution in [0.15, 0.2) is 24.3 Å². The normalized spacial score (nSPS) is 14.2.